The third-order valence-corrected chi connectivity index (χ3v) is 3.45. The molecule has 2 aromatic carbocycles. The largest absolute Gasteiger partial charge is 0.491 e. The maximum absolute atomic E-state index is 14.0. The van der Waals surface area contributed by atoms with Crippen LogP contribution in [0.4, 0.5) is 14.9 Å². The van der Waals surface area contributed by atoms with Gasteiger partial charge >= 0.3 is 6.03 Å². The van der Waals surface area contributed by atoms with Crippen molar-refractivity contribution >= 4 is 11.7 Å². The van der Waals surface area contributed by atoms with E-state index < -0.39 is 18.0 Å². The van der Waals surface area contributed by atoms with Crippen molar-refractivity contribution in [2.24, 2.45) is 0 Å². The molecule has 2 rings (SSSR count). The minimum absolute atomic E-state index is 0.0578. The smallest absolute Gasteiger partial charge is 0.319 e. The number of nitrogens with one attached hydrogen (secondary N) is 2. The van der Waals surface area contributed by atoms with Crippen LogP contribution in [-0.4, -0.2) is 23.8 Å². The van der Waals surface area contributed by atoms with Crippen LogP contribution in [0.3, 0.4) is 0 Å². The number of amides is 2. The van der Waals surface area contributed by atoms with E-state index in [0.29, 0.717) is 12.2 Å². The van der Waals surface area contributed by atoms with E-state index in [1.54, 1.807) is 6.07 Å². The molecule has 1 atom stereocenters. The van der Waals surface area contributed by atoms with Crippen molar-refractivity contribution in [3.8, 4) is 5.75 Å². The van der Waals surface area contributed by atoms with Gasteiger partial charge in [-0.3, -0.25) is 0 Å². The Kier molecular flexibility index (Phi) is 6.77. The Balaban J connectivity index is 1.80. The number of anilines is 1. The molecule has 1 unspecified atom stereocenters. The van der Waals surface area contributed by atoms with Crippen LogP contribution in [0.2, 0.25) is 0 Å². The van der Waals surface area contributed by atoms with Gasteiger partial charge in [-0.1, -0.05) is 30.3 Å². The Bertz CT molecular complexity index is 692. The first-order valence-corrected chi connectivity index (χ1v) is 8.20. The zero-order chi connectivity index (χ0) is 18.2. The summed E-state index contributed by atoms with van der Waals surface area (Å²) in [7, 11) is 0. The fourth-order valence-electron chi connectivity index (χ4n) is 2.27. The highest BCUT2D eigenvalue weighted by Gasteiger charge is 2.10. The molecule has 0 aliphatic heterocycles. The van der Waals surface area contributed by atoms with E-state index >= 15 is 0 Å². The number of halogens is 1. The maximum atomic E-state index is 14.0. The number of rotatable bonds is 7. The fraction of sp³-hybridized carbons (Fsp3) is 0.316. The van der Waals surface area contributed by atoms with Gasteiger partial charge in [0.15, 0.2) is 0 Å². The highest BCUT2D eigenvalue weighted by molar-refractivity contribution is 5.89. The van der Waals surface area contributed by atoms with Gasteiger partial charge in [0.2, 0.25) is 0 Å². The molecule has 25 heavy (non-hydrogen) atoms. The lowest BCUT2D eigenvalue weighted by molar-refractivity contribution is 0.167. The molecule has 0 aliphatic carbocycles. The normalized spacial score (nSPS) is 11.9. The summed E-state index contributed by atoms with van der Waals surface area (Å²) in [5.74, 6) is -0.165. The lowest BCUT2D eigenvalue weighted by Crippen LogP contribution is -2.30. The third kappa shape index (κ3) is 6.08. The van der Waals surface area contributed by atoms with Crippen molar-refractivity contribution in [1.29, 1.82) is 0 Å². The molecule has 0 heterocycles. The molecule has 0 saturated carbocycles. The average molecular weight is 346 g/mol. The van der Waals surface area contributed by atoms with Crippen molar-refractivity contribution in [2.45, 2.75) is 32.5 Å². The van der Waals surface area contributed by atoms with Gasteiger partial charge in [-0.15, -0.1) is 0 Å². The van der Waals surface area contributed by atoms with Gasteiger partial charge < -0.3 is 20.5 Å². The summed E-state index contributed by atoms with van der Waals surface area (Å²) in [6.07, 6.45) is -0.357. The van der Waals surface area contributed by atoms with Crippen molar-refractivity contribution in [1.82, 2.24) is 5.32 Å². The lowest BCUT2D eigenvalue weighted by atomic mass is 10.1. The number of aliphatic hydroxyl groups is 1. The second-order valence-electron chi connectivity index (χ2n) is 5.90. The first kappa shape index (κ1) is 18.7. The van der Waals surface area contributed by atoms with Gasteiger partial charge in [-0.25, -0.2) is 9.18 Å². The standard InChI is InChI=1S/C19H23FN2O3/c1-13(2)25-15-8-9-17(16(20)12-15)22-19(24)21-11-10-18(23)14-6-4-3-5-7-14/h3-9,12-13,18,23H,10-11H2,1-2H3,(H2,21,22,24). The van der Waals surface area contributed by atoms with E-state index in [-0.39, 0.29) is 18.3 Å². The van der Waals surface area contributed by atoms with E-state index in [1.165, 1.54) is 12.1 Å². The number of benzene rings is 2. The van der Waals surface area contributed by atoms with Crippen LogP contribution in [0.25, 0.3) is 0 Å². The molecule has 0 radical (unpaired) electrons. The summed E-state index contributed by atoms with van der Waals surface area (Å²) >= 11 is 0. The van der Waals surface area contributed by atoms with Crippen LogP contribution in [0.5, 0.6) is 5.75 Å². The van der Waals surface area contributed by atoms with Crippen LogP contribution in [0.1, 0.15) is 31.9 Å². The zero-order valence-corrected chi connectivity index (χ0v) is 14.3. The molecule has 134 valence electrons. The predicted molar refractivity (Wildman–Crippen MR) is 95.2 cm³/mol. The molecular formula is C19H23FN2O3. The van der Waals surface area contributed by atoms with E-state index in [1.807, 2.05) is 44.2 Å². The summed E-state index contributed by atoms with van der Waals surface area (Å²) in [6, 6.07) is 12.9. The Morgan fingerprint density at radius 3 is 2.56 bits per heavy atom. The lowest BCUT2D eigenvalue weighted by Gasteiger charge is -2.13. The SMILES string of the molecule is CC(C)Oc1ccc(NC(=O)NCCC(O)c2ccccc2)c(F)c1. The third-order valence-electron chi connectivity index (χ3n) is 3.45. The number of ether oxygens (including phenoxy) is 1. The molecule has 5 nitrogen and oxygen atoms in total. The molecule has 0 spiro atoms. The van der Waals surface area contributed by atoms with Crippen LogP contribution in [0, 0.1) is 5.82 Å². The van der Waals surface area contributed by atoms with Gasteiger partial charge in [0, 0.05) is 12.6 Å². The molecule has 2 aromatic rings. The Morgan fingerprint density at radius 1 is 1.20 bits per heavy atom. The van der Waals surface area contributed by atoms with Gasteiger partial charge in [-0.2, -0.15) is 0 Å². The minimum Gasteiger partial charge on any atom is -0.491 e. The summed E-state index contributed by atoms with van der Waals surface area (Å²) in [6.45, 7) is 3.96. The van der Waals surface area contributed by atoms with E-state index in [4.69, 9.17) is 4.74 Å². The minimum atomic E-state index is -0.661. The van der Waals surface area contributed by atoms with E-state index in [9.17, 15) is 14.3 Å². The van der Waals surface area contributed by atoms with Crippen molar-refractivity contribution in [2.75, 3.05) is 11.9 Å². The van der Waals surface area contributed by atoms with E-state index in [2.05, 4.69) is 10.6 Å². The highest BCUT2D eigenvalue weighted by Crippen LogP contribution is 2.21. The quantitative estimate of drug-likeness (QED) is 0.713. The molecule has 0 aliphatic rings. The van der Waals surface area contributed by atoms with Gasteiger partial charge in [-0.05, 0) is 38.0 Å². The molecule has 0 aromatic heterocycles. The first-order chi connectivity index (χ1) is 12.0. The zero-order valence-electron chi connectivity index (χ0n) is 14.3. The number of aliphatic hydroxyl groups excluding tert-OH is 1. The Hall–Kier alpha value is -2.60. The van der Waals surface area contributed by atoms with Crippen LogP contribution < -0.4 is 15.4 Å². The number of urea groups is 1. The van der Waals surface area contributed by atoms with Gasteiger partial charge in [0.25, 0.3) is 0 Å². The highest BCUT2D eigenvalue weighted by atomic mass is 19.1. The maximum Gasteiger partial charge on any atom is 0.319 e. The van der Waals surface area contributed by atoms with Crippen LogP contribution in [-0.2, 0) is 0 Å². The van der Waals surface area contributed by atoms with Crippen LogP contribution in [0.15, 0.2) is 48.5 Å². The van der Waals surface area contributed by atoms with Gasteiger partial charge in [0.1, 0.15) is 11.6 Å². The fourth-order valence-corrected chi connectivity index (χ4v) is 2.27. The predicted octanol–water partition coefficient (Wildman–Crippen LogP) is 3.86. The van der Waals surface area contributed by atoms with Crippen molar-refractivity contribution in [3.63, 3.8) is 0 Å². The number of carbonyl (C=O) groups is 1. The Morgan fingerprint density at radius 2 is 1.92 bits per heavy atom. The number of carbonyl (C=O) groups excluding carboxylic acids is 1. The van der Waals surface area contributed by atoms with Gasteiger partial charge in [0.05, 0.1) is 17.9 Å². The number of hydrogen-bond acceptors (Lipinski definition) is 3. The summed E-state index contributed by atoms with van der Waals surface area (Å²) in [4.78, 5) is 11.8. The molecule has 0 saturated heterocycles. The molecule has 0 fully saturated rings. The van der Waals surface area contributed by atoms with Crippen molar-refractivity contribution in [3.05, 3.63) is 59.9 Å². The van der Waals surface area contributed by atoms with Crippen molar-refractivity contribution < 1.29 is 19.0 Å². The second kappa shape index (κ2) is 9.03. The topological polar surface area (TPSA) is 70.6 Å². The Labute approximate surface area is 146 Å². The molecule has 3 N–H and O–H groups in total. The summed E-state index contributed by atoms with van der Waals surface area (Å²) in [5, 5.41) is 15.1. The number of hydrogen-bond donors (Lipinski definition) is 3. The summed E-state index contributed by atoms with van der Waals surface area (Å²) in [5.41, 5.74) is 0.855. The monoisotopic (exact) mass is 346 g/mol. The van der Waals surface area contributed by atoms with E-state index in [0.717, 1.165) is 5.56 Å². The molecule has 2 amide bonds. The summed E-state index contributed by atoms with van der Waals surface area (Å²) < 4.78 is 19.4. The second-order valence-corrected chi connectivity index (χ2v) is 5.90. The molecule has 0 bridgehead atoms. The average Bonchev–Trinajstić information content (AvgIpc) is 2.57. The first-order valence-electron chi connectivity index (χ1n) is 8.20. The molecular weight excluding hydrogens is 323 g/mol. The van der Waals surface area contributed by atoms with Crippen LogP contribution >= 0.6 is 0 Å². The molecule has 6 heteroatoms.